The number of ether oxygens (including phenoxy) is 2. The molecule has 0 aliphatic heterocycles. The molecule has 0 aliphatic carbocycles. The minimum Gasteiger partial charge on any atom is -0.493 e. The molecule has 3 rings (SSSR count). The number of benzene rings is 3. The number of nitrogens with zero attached hydrogens (tertiary/aromatic N) is 1. The molecule has 1 N–H and O–H groups in total. The quantitative estimate of drug-likeness (QED) is 0.235. The fourth-order valence-corrected chi connectivity index (χ4v) is 3.38. The summed E-state index contributed by atoms with van der Waals surface area (Å²) < 4.78 is 11.6. The van der Waals surface area contributed by atoms with E-state index in [1.54, 1.807) is 42.5 Å². The third-order valence-electron chi connectivity index (χ3n) is 4.78. The summed E-state index contributed by atoms with van der Waals surface area (Å²) >= 11 is 6.25. The van der Waals surface area contributed by atoms with Crippen LogP contribution < -0.4 is 14.8 Å². The Bertz CT molecular complexity index is 1210. The Morgan fingerprint density at radius 2 is 1.85 bits per heavy atom. The lowest BCUT2D eigenvalue weighted by atomic mass is 10.0. The summed E-state index contributed by atoms with van der Waals surface area (Å²) in [5.41, 5.74) is 2.86. The molecule has 0 unspecified atom stereocenters. The molecule has 0 bridgehead atoms. The van der Waals surface area contributed by atoms with Crippen molar-refractivity contribution in [3.05, 3.63) is 107 Å². The van der Waals surface area contributed by atoms with Crippen LogP contribution in [0.2, 0.25) is 5.02 Å². The van der Waals surface area contributed by atoms with Crippen LogP contribution in [0, 0.1) is 11.3 Å². The van der Waals surface area contributed by atoms with E-state index in [4.69, 9.17) is 21.1 Å². The van der Waals surface area contributed by atoms with Crippen molar-refractivity contribution in [2.75, 3.05) is 12.4 Å². The number of methoxy groups -OCH3 is 1. The molecular weight excluding hydrogens is 436 g/mol. The van der Waals surface area contributed by atoms with Crippen LogP contribution in [0.5, 0.6) is 11.5 Å². The third-order valence-corrected chi connectivity index (χ3v) is 5.14. The highest BCUT2D eigenvalue weighted by atomic mass is 35.5. The number of allylic oxidation sites excluding steroid dienone is 1. The summed E-state index contributed by atoms with van der Waals surface area (Å²) in [6, 6.07) is 22.0. The highest BCUT2D eigenvalue weighted by Crippen LogP contribution is 2.35. The third kappa shape index (κ3) is 6.25. The standard InChI is InChI=1S/C27H23ClN2O3/c1-3-9-20-14-19(15-22(17-29)27(31)30-23-11-5-4-6-12-23)16-25(32-2)26(20)33-18-21-10-7-8-13-24(21)28/h3-8,10-16H,1,9,18H2,2H3,(H,30,31)/b22-15+. The van der Waals surface area contributed by atoms with E-state index in [1.807, 2.05) is 36.4 Å². The van der Waals surface area contributed by atoms with Crippen LogP contribution in [-0.2, 0) is 17.8 Å². The lowest BCUT2D eigenvalue weighted by molar-refractivity contribution is -0.112. The second-order valence-electron chi connectivity index (χ2n) is 7.07. The van der Waals surface area contributed by atoms with Gasteiger partial charge in [-0.05, 0) is 48.4 Å². The molecule has 0 fully saturated rings. The first-order chi connectivity index (χ1) is 16.0. The summed E-state index contributed by atoms with van der Waals surface area (Å²) in [5.74, 6) is 0.544. The molecule has 166 valence electrons. The fourth-order valence-electron chi connectivity index (χ4n) is 3.19. The topological polar surface area (TPSA) is 71.4 Å². The highest BCUT2D eigenvalue weighted by molar-refractivity contribution is 6.31. The predicted octanol–water partition coefficient (Wildman–Crippen LogP) is 6.20. The van der Waals surface area contributed by atoms with E-state index in [0.29, 0.717) is 34.2 Å². The van der Waals surface area contributed by atoms with Crippen molar-refractivity contribution in [3.8, 4) is 17.6 Å². The molecule has 0 spiro atoms. The summed E-state index contributed by atoms with van der Waals surface area (Å²) in [5, 5.41) is 12.9. The Morgan fingerprint density at radius 3 is 2.52 bits per heavy atom. The highest BCUT2D eigenvalue weighted by Gasteiger charge is 2.15. The number of para-hydroxylation sites is 1. The van der Waals surface area contributed by atoms with Gasteiger partial charge in [0, 0.05) is 21.8 Å². The largest absolute Gasteiger partial charge is 0.493 e. The first kappa shape index (κ1) is 23.6. The van der Waals surface area contributed by atoms with Crippen molar-refractivity contribution in [1.82, 2.24) is 0 Å². The number of amides is 1. The maximum absolute atomic E-state index is 12.6. The lowest BCUT2D eigenvalue weighted by Crippen LogP contribution is -2.13. The zero-order valence-corrected chi connectivity index (χ0v) is 18.9. The summed E-state index contributed by atoms with van der Waals surface area (Å²) in [6.45, 7) is 4.08. The number of anilines is 1. The van der Waals surface area contributed by atoms with E-state index in [9.17, 15) is 10.1 Å². The van der Waals surface area contributed by atoms with Crippen molar-refractivity contribution in [1.29, 1.82) is 5.26 Å². The minimum absolute atomic E-state index is 0.0322. The van der Waals surface area contributed by atoms with Crippen molar-refractivity contribution in [3.63, 3.8) is 0 Å². The van der Waals surface area contributed by atoms with E-state index in [0.717, 1.165) is 11.1 Å². The number of hydrogen-bond donors (Lipinski definition) is 1. The molecule has 5 nitrogen and oxygen atoms in total. The van der Waals surface area contributed by atoms with Gasteiger partial charge in [-0.25, -0.2) is 0 Å². The van der Waals surface area contributed by atoms with Gasteiger partial charge in [-0.15, -0.1) is 6.58 Å². The van der Waals surface area contributed by atoms with Crippen molar-refractivity contribution in [2.45, 2.75) is 13.0 Å². The molecule has 0 aliphatic rings. The Hall–Kier alpha value is -4.01. The first-order valence-electron chi connectivity index (χ1n) is 10.2. The lowest BCUT2D eigenvalue weighted by Gasteiger charge is -2.16. The normalized spacial score (nSPS) is 10.8. The van der Waals surface area contributed by atoms with Gasteiger partial charge in [0.1, 0.15) is 18.2 Å². The van der Waals surface area contributed by atoms with Gasteiger partial charge >= 0.3 is 0 Å². The molecule has 3 aromatic rings. The number of halogens is 1. The molecule has 0 heterocycles. The van der Waals surface area contributed by atoms with Crippen LogP contribution in [0.4, 0.5) is 5.69 Å². The zero-order chi connectivity index (χ0) is 23.6. The number of rotatable bonds is 9. The smallest absolute Gasteiger partial charge is 0.266 e. The molecule has 1 amide bonds. The Balaban J connectivity index is 1.91. The van der Waals surface area contributed by atoms with Crippen LogP contribution in [0.15, 0.2) is 85.0 Å². The van der Waals surface area contributed by atoms with Crippen LogP contribution in [-0.4, -0.2) is 13.0 Å². The molecule has 0 atom stereocenters. The van der Waals surface area contributed by atoms with Gasteiger partial charge in [-0.3, -0.25) is 4.79 Å². The van der Waals surface area contributed by atoms with Gasteiger partial charge in [0.2, 0.25) is 0 Å². The van der Waals surface area contributed by atoms with Gasteiger partial charge in [-0.1, -0.05) is 54.1 Å². The Kier molecular flexibility index (Phi) is 8.29. The van der Waals surface area contributed by atoms with Crippen LogP contribution in [0.3, 0.4) is 0 Å². The van der Waals surface area contributed by atoms with E-state index >= 15 is 0 Å². The molecule has 0 saturated heterocycles. The number of carbonyl (C=O) groups excluding carboxylic acids is 1. The second kappa shape index (κ2) is 11.6. The van der Waals surface area contributed by atoms with Crippen molar-refractivity contribution >= 4 is 29.3 Å². The zero-order valence-electron chi connectivity index (χ0n) is 18.2. The van der Waals surface area contributed by atoms with Gasteiger partial charge in [0.05, 0.1) is 7.11 Å². The van der Waals surface area contributed by atoms with E-state index in [2.05, 4.69) is 11.9 Å². The van der Waals surface area contributed by atoms with Crippen LogP contribution in [0.1, 0.15) is 16.7 Å². The maximum Gasteiger partial charge on any atom is 0.266 e. The number of carbonyl (C=O) groups is 1. The Morgan fingerprint density at radius 1 is 1.12 bits per heavy atom. The monoisotopic (exact) mass is 458 g/mol. The van der Waals surface area contributed by atoms with Crippen molar-refractivity contribution in [2.24, 2.45) is 0 Å². The van der Waals surface area contributed by atoms with Crippen molar-refractivity contribution < 1.29 is 14.3 Å². The summed E-state index contributed by atoms with van der Waals surface area (Å²) in [7, 11) is 1.54. The minimum atomic E-state index is -0.494. The second-order valence-corrected chi connectivity index (χ2v) is 7.48. The molecule has 0 radical (unpaired) electrons. The average Bonchev–Trinajstić information content (AvgIpc) is 2.83. The molecule has 0 saturated carbocycles. The molecular formula is C27H23ClN2O3. The Labute approximate surface area is 198 Å². The SMILES string of the molecule is C=CCc1cc(/C=C(\C#N)C(=O)Nc2ccccc2)cc(OC)c1OCc1ccccc1Cl. The molecule has 6 heteroatoms. The fraction of sp³-hybridized carbons (Fsp3) is 0.111. The van der Waals surface area contributed by atoms with Crippen LogP contribution in [0.25, 0.3) is 6.08 Å². The first-order valence-corrected chi connectivity index (χ1v) is 10.6. The van der Waals surface area contributed by atoms with E-state index < -0.39 is 5.91 Å². The number of nitrogens with one attached hydrogen (secondary N) is 1. The number of hydrogen-bond acceptors (Lipinski definition) is 4. The maximum atomic E-state index is 12.6. The number of nitriles is 1. The van der Waals surface area contributed by atoms with Gasteiger partial charge < -0.3 is 14.8 Å². The molecule has 33 heavy (non-hydrogen) atoms. The van der Waals surface area contributed by atoms with E-state index in [1.165, 1.54) is 13.2 Å². The molecule has 3 aromatic carbocycles. The summed E-state index contributed by atoms with van der Waals surface area (Å²) in [6.07, 6.45) is 3.77. The molecule has 0 aromatic heterocycles. The average molecular weight is 459 g/mol. The summed E-state index contributed by atoms with van der Waals surface area (Å²) in [4.78, 5) is 12.6. The van der Waals surface area contributed by atoms with Crippen LogP contribution >= 0.6 is 11.6 Å². The van der Waals surface area contributed by atoms with E-state index in [-0.39, 0.29) is 12.2 Å². The predicted molar refractivity (Wildman–Crippen MR) is 131 cm³/mol. The van der Waals surface area contributed by atoms with Gasteiger partial charge in [-0.2, -0.15) is 5.26 Å². The van der Waals surface area contributed by atoms with Gasteiger partial charge in [0.15, 0.2) is 11.5 Å². The van der Waals surface area contributed by atoms with Gasteiger partial charge in [0.25, 0.3) is 5.91 Å².